The van der Waals surface area contributed by atoms with Gasteiger partial charge in [-0.3, -0.25) is 0 Å². The predicted octanol–water partition coefficient (Wildman–Crippen LogP) is 0.791. The number of carbonyl (C=O) groups is 1. The molecule has 3 heteroatoms. The second-order valence-corrected chi connectivity index (χ2v) is 2.10. The predicted molar refractivity (Wildman–Crippen MR) is 37.0 cm³/mol. The Bertz CT molecular complexity index is 129. The van der Waals surface area contributed by atoms with E-state index < -0.39 is 0 Å². The molecule has 0 fully saturated rings. The highest BCUT2D eigenvalue weighted by atomic mass is 16.2. The lowest BCUT2D eigenvalue weighted by molar-refractivity contribution is 0.220. The Morgan fingerprint density at radius 2 is 2.00 bits per heavy atom. The van der Waals surface area contributed by atoms with Gasteiger partial charge in [0.05, 0.1) is 0 Å². The molecule has 0 radical (unpaired) electrons. The smallest absolute Gasteiger partial charge is 0.321 e. The molecule has 0 aromatic carbocycles. The highest BCUT2D eigenvalue weighted by Gasteiger charge is 1.99. The molecular weight excluding hydrogens is 116 g/mol. The van der Waals surface area contributed by atoms with E-state index >= 15 is 0 Å². The molecule has 0 aromatic rings. The van der Waals surface area contributed by atoms with Crippen LogP contribution in [-0.4, -0.2) is 25.0 Å². The summed E-state index contributed by atoms with van der Waals surface area (Å²) in [6.45, 7) is 5.26. The van der Waals surface area contributed by atoms with Crippen LogP contribution in [0.5, 0.6) is 0 Å². The van der Waals surface area contributed by atoms with Crippen molar-refractivity contribution in [3.05, 3.63) is 12.3 Å². The number of rotatable bonds is 1. The van der Waals surface area contributed by atoms with E-state index in [0.717, 1.165) is 0 Å². The molecule has 0 atom stereocenters. The average Bonchev–Trinajstić information content (AvgIpc) is 1.63. The molecule has 52 valence electrons. The van der Waals surface area contributed by atoms with E-state index in [9.17, 15) is 4.79 Å². The van der Waals surface area contributed by atoms with Crippen molar-refractivity contribution >= 4 is 6.03 Å². The minimum atomic E-state index is -0.137. The van der Waals surface area contributed by atoms with Gasteiger partial charge in [0, 0.05) is 19.8 Å². The molecule has 0 saturated heterocycles. The number of nitrogens with zero attached hydrogens (tertiary/aromatic N) is 1. The Morgan fingerprint density at radius 1 is 1.56 bits per heavy atom. The van der Waals surface area contributed by atoms with Crippen molar-refractivity contribution < 1.29 is 4.79 Å². The minimum absolute atomic E-state index is 0.137. The Balaban J connectivity index is 3.64. The number of carbonyl (C=O) groups excluding carboxylic acids is 1. The normalized spacial score (nSPS) is 8.33. The van der Waals surface area contributed by atoms with Crippen molar-refractivity contribution in [1.82, 2.24) is 10.2 Å². The maximum Gasteiger partial charge on any atom is 0.321 e. The molecule has 0 saturated carbocycles. The lowest BCUT2D eigenvalue weighted by Crippen LogP contribution is -2.32. The Labute approximate surface area is 55.3 Å². The quantitative estimate of drug-likeness (QED) is 0.556. The van der Waals surface area contributed by atoms with Gasteiger partial charge < -0.3 is 10.2 Å². The van der Waals surface area contributed by atoms with E-state index in [2.05, 4.69) is 11.9 Å². The van der Waals surface area contributed by atoms with Crippen molar-refractivity contribution in [2.75, 3.05) is 14.1 Å². The SMILES string of the molecule is C=C(C)NC(=O)N(C)C. The third-order valence-electron chi connectivity index (χ3n) is 0.727. The molecular formula is C6H12N2O. The summed E-state index contributed by atoms with van der Waals surface area (Å²) in [7, 11) is 3.36. The number of allylic oxidation sites excluding steroid dienone is 1. The van der Waals surface area contributed by atoms with E-state index in [1.807, 2.05) is 0 Å². The topological polar surface area (TPSA) is 32.3 Å². The van der Waals surface area contributed by atoms with Crippen LogP contribution in [0.2, 0.25) is 0 Å². The van der Waals surface area contributed by atoms with Crippen molar-refractivity contribution in [3.8, 4) is 0 Å². The van der Waals surface area contributed by atoms with E-state index in [1.54, 1.807) is 21.0 Å². The molecule has 0 bridgehead atoms. The zero-order chi connectivity index (χ0) is 7.44. The first-order valence-corrected chi connectivity index (χ1v) is 2.68. The summed E-state index contributed by atoms with van der Waals surface area (Å²) in [5.41, 5.74) is 0.661. The Hall–Kier alpha value is -0.990. The number of hydrogen-bond donors (Lipinski definition) is 1. The van der Waals surface area contributed by atoms with E-state index in [4.69, 9.17) is 0 Å². The standard InChI is InChI=1S/C6H12N2O/c1-5(2)7-6(9)8(3)4/h1H2,2-4H3,(H,7,9). The average molecular weight is 128 g/mol. The second kappa shape index (κ2) is 3.12. The summed E-state index contributed by atoms with van der Waals surface area (Å²) in [5, 5.41) is 2.53. The fraction of sp³-hybridized carbons (Fsp3) is 0.500. The van der Waals surface area contributed by atoms with Crippen molar-refractivity contribution in [1.29, 1.82) is 0 Å². The van der Waals surface area contributed by atoms with Gasteiger partial charge in [-0.1, -0.05) is 6.58 Å². The van der Waals surface area contributed by atoms with Crippen LogP contribution in [0.4, 0.5) is 4.79 Å². The first kappa shape index (κ1) is 8.01. The zero-order valence-electron chi connectivity index (χ0n) is 6.06. The molecule has 0 unspecified atom stereocenters. The molecule has 3 nitrogen and oxygen atoms in total. The van der Waals surface area contributed by atoms with Crippen LogP contribution in [-0.2, 0) is 0 Å². The van der Waals surface area contributed by atoms with Crippen LogP contribution in [0.15, 0.2) is 12.3 Å². The molecule has 0 aliphatic rings. The highest BCUT2D eigenvalue weighted by molar-refractivity contribution is 5.75. The summed E-state index contributed by atoms with van der Waals surface area (Å²) in [6, 6.07) is -0.137. The summed E-state index contributed by atoms with van der Waals surface area (Å²) < 4.78 is 0. The number of nitrogens with one attached hydrogen (secondary N) is 1. The minimum Gasteiger partial charge on any atom is -0.331 e. The van der Waals surface area contributed by atoms with Gasteiger partial charge in [0.1, 0.15) is 0 Å². The van der Waals surface area contributed by atoms with Crippen LogP contribution in [0.25, 0.3) is 0 Å². The summed E-state index contributed by atoms with van der Waals surface area (Å²) in [5.74, 6) is 0. The van der Waals surface area contributed by atoms with E-state index in [0.29, 0.717) is 5.70 Å². The maximum absolute atomic E-state index is 10.7. The van der Waals surface area contributed by atoms with Crippen LogP contribution < -0.4 is 5.32 Å². The molecule has 0 aliphatic heterocycles. The summed E-state index contributed by atoms with van der Waals surface area (Å²) in [6.07, 6.45) is 0. The number of hydrogen-bond acceptors (Lipinski definition) is 1. The van der Waals surface area contributed by atoms with Gasteiger partial charge in [-0.25, -0.2) is 4.79 Å². The van der Waals surface area contributed by atoms with Gasteiger partial charge in [-0.15, -0.1) is 0 Å². The van der Waals surface area contributed by atoms with Crippen LogP contribution >= 0.6 is 0 Å². The van der Waals surface area contributed by atoms with E-state index in [-0.39, 0.29) is 6.03 Å². The molecule has 0 spiro atoms. The first-order valence-electron chi connectivity index (χ1n) is 2.68. The van der Waals surface area contributed by atoms with Gasteiger partial charge in [-0.2, -0.15) is 0 Å². The summed E-state index contributed by atoms with van der Waals surface area (Å²) in [4.78, 5) is 12.2. The molecule has 1 N–H and O–H groups in total. The molecule has 0 rings (SSSR count). The molecule has 0 aliphatic carbocycles. The Kier molecular flexibility index (Phi) is 2.78. The fourth-order valence-corrected chi connectivity index (χ4v) is 0.294. The van der Waals surface area contributed by atoms with Crippen LogP contribution in [0.3, 0.4) is 0 Å². The zero-order valence-corrected chi connectivity index (χ0v) is 6.06. The van der Waals surface area contributed by atoms with Crippen LogP contribution in [0, 0.1) is 0 Å². The lowest BCUT2D eigenvalue weighted by Gasteiger charge is -2.10. The largest absolute Gasteiger partial charge is 0.331 e. The van der Waals surface area contributed by atoms with Gasteiger partial charge in [0.25, 0.3) is 0 Å². The van der Waals surface area contributed by atoms with Crippen molar-refractivity contribution in [2.45, 2.75) is 6.92 Å². The van der Waals surface area contributed by atoms with Gasteiger partial charge in [0.15, 0.2) is 0 Å². The maximum atomic E-state index is 10.7. The van der Waals surface area contributed by atoms with Crippen molar-refractivity contribution in [3.63, 3.8) is 0 Å². The first-order chi connectivity index (χ1) is 4.04. The lowest BCUT2D eigenvalue weighted by atomic mass is 10.6. The highest BCUT2D eigenvalue weighted by Crippen LogP contribution is 1.82. The molecule has 9 heavy (non-hydrogen) atoms. The molecule has 0 aromatic heterocycles. The number of amides is 2. The second-order valence-electron chi connectivity index (χ2n) is 2.10. The van der Waals surface area contributed by atoms with E-state index in [1.165, 1.54) is 4.90 Å². The summed E-state index contributed by atoms with van der Waals surface area (Å²) >= 11 is 0. The van der Waals surface area contributed by atoms with Gasteiger partial charge in [-0.05, 0) is 6.92 Å². The Morgan fingerprint density at radius 3 is 2.11 bits per heavy atom. The third-order valence-corrected chi connectivity index (χ3v) is 0.727. The fourth-order valence-electron chi connectivity index (χ4n) is 0.294. The molecule has 0 heterocycles. The van der Waals surface area contributed by atoms with Crippen molar-refractivity contribution in [2.24, 2.45) is 0 Å². The van der Waals surface area contributed by atoms with Crippen LogP contribution in [0.1, 0.15) is 6.92 Å². The van der Waals surface area contributed by atoms with Gasteiger partial charge in [0.2, 0.25) is 0 Å². The van der Waals surface area contributed by atoms with Gasteiger partial charge >= 0.3 is 6.03 Å². The third kappa shape index (κ3) is 3.58. The number of urea groups is 1. The molecule has 2 amide bonds. The monoisotopic (exact) mass is 128 g/mol.